The van der Waals surface area contributed by atoms with Crippen LogP contribution < -0.4 is 10.6 Å². The van der Waals surface area contributed by atoms with Crippen molar-refractivity contribution < 1.29 is 33.4 Å². The number of hydrogen-bond donors (Lipinski definition) is 5. The van der Waals surface area contributed by atoms with Gasteiger partial charge in [0.1, 0.15) is 13.1 Å². The predicted molar refractivity (Wildman–Crippen MR) is 162 cm³/mol. The van der Waals surface area contributed by atoms with Crippen molar-refractivity contribution in [3.8, 4) is 0 Å². The van der Waals surface area contributed by atoms with Gasteiger partial charge in [-0.15, -0.1) is 0 Å². The summed E-state index contributed by atoms with van der Waals surface area (Å²) in [6, 6.07) is 11.9. The van der Waals surface area contributed by atoms with E-state index in [0.29, 0.717) is 17.0 Å². The molecule has 1 aliphatic rings. The fraction of sp³-hybridized carbons (Fsp3) is 0.538. The van der Waals surface area contributed by atoms with Gasteiger partial charge in [0.2, 0.25) is 0 Å². The lowest BCUT2D eigenvalue weighted by molar-refractivity contribution is -0.150. The van der Waals surface area contributed by atoms with E-state index >= 15 is 0 Å². The molecule has 0 saturated heterocycles. The van der Waals surface area contributed by atoms with Gasteiger partial charge in [-0.2, -0.15) is 12.6 Å². The van der Waals surface area contributed by atoms with Crippen molar-refractivity contribution in [1.82, 2.24) is 24.8 Å². The number of carbonyl (C=O) groups is 1. The molecule has 2 aromatic heterocycles. The van der Waals surface area contributed by atoms with E-state index in [9.17, 15) is 9.36 Å². The molecule has 15 heteroatoms. The molecule has 2 heterocycles. The van der Waals surface area contributed by atoms with Crippen LogP contribution in [-0.2, 0) is 25.5 Å². The Hall–Kier alpha value is -2.58. The first-order valence-corrected chi connectivity index (χ1v) is 16.0. The third-order valence-electron chi connectivity index (χ3n) is 5.02. The summed E-state index contributed by atoms with van der Waals surface area (Å²) in [4.78, 5) is 42.0. The molecule has 1 saturated carbocycles. The van der Waals surface area contributed by atoms with Gasteiger partial charge in [0.05, 0.1) is 19.1 Å². The van der Waals surface area contributed by atoms with Crippen molar-refractivity contribution >= 4 is 43.2 Å². The summed E-state index contributed by atoms with van der Waals surface area (Å²) < 4.78 is 28.2. The molecule has 230 valence electrons. The second-order valence-corrected chi connectivity index (χ2v) is 10.2. The predicted octanol–water partition coefficient (Wildman–Crippen LogP) is 4.29. The molecular weight excluding hydrogens is 571 g/mol. The number of nitrogens with zero attached hydrogens (tertiary/aromatic N) is 4. The molecule has 4 N–H and O–H groups in total. The van der Waals surface area contributed by atoms with Crippen molar-refractivity contribution in [2.75, 3.05) is 37.6 Å². The van der Waals surface area contributed by atoms with Crippen LogP contribution in [0.3, 0.4) is 0 Å². The van der Waals surface area contributed by atoms with Crippen LogP contribution in [0, 0.1) is 0 Å². The van der Waals surface area contributed by atoms with E-state index < -0.39 is 13.9 Å². The molecule has 1 aromatic carbocycles. The summed E-state index contributed by atoms with van der Waals surface area (Å²) in [5.74, 6) is 0.309. The molecule has 3 aromatic rings. The molecule has 0 aliphatic heterocycles. The standard InChI is InChI=1S/C15H23N6O6P.C6H6.C4H10O.CH4S/c1-10(26-5-2-6-28(23,24)25)27-9-21-8-18-12-13(16-7-17-14(12)21)20-15(22)19-11-3-4-11;1-2-4-6-5-3-1;1-3-5-4-2;1-2/h7-8,10-11H,2-6,9H2,1H3,(H2,23,24,25)(H2,16,17,19,20,22);1-6H;3-4H2,1-2H3;2H,1H3/t10-;;;/m0.../s1. The first-order chi connectivity index (χ1) is 19.7. The maximum absolute atomic E-state index is 11.9. The van der Waals surface area contributed by atoms with Gasteiger partial charge in [-0.25, -0.2) is 19.7 Å². The molecule has 0 bridgehead atoms. The number of hydrogen-bond acceptors (Lipinski definition) is 9. The Kier molecular flexibility index (Phi) is 18.8. The number of aromatic nitrogens is 4. The average molecular weight is 615 g/mol. The summed E-state index contributed by atoms with van der Waals surface area (Å²) in [5.41, 5.74) is 0.928. The molecule has 0 unspecified atom stereocenters. The lowest BCUT2D eigenvalue weighted by Crippen LogP contribution is -2.30. The van der Waals surface area contributed by atoms with Crippen LogP contribution in [0.4, 0.5) is 10.6 Å². The zero-order valence-electron chi connectivity index (χ0n) is 24.0. The normalized spacial score (nSPS) is 13.0. The fourth-order valence-electron chi connectivity index (χ4n) is 2.97. The molecular formula is C26H43N6O7PS. The Bertz CT molecular complexity index is 1120. The van der Waals surface area contributed by atoms with Crippen molar-refractivity contribution in [3.05, 3.63) is 49.1 Å². The van der Waals surface area contributed by atoms with Gasteiger partial charge in [0.15, 0.2) is 23.3 Å². The first-order valence-electron chi connectivity index (χ1n) is 13.3. The Balaban J connectivity index is 0.000000536. The van der Waals surface area contributed by atoms with Crippen molar-refractivity contribution in [2.45, 2.75) is 59.1 Å². The monoisotopic (exact) mass is 614 g/mol. The van der Waals surface area contributed by atoms with E-state index in [1.54, 1.807) is 17.7 Å². The molecule has 41 heavy (non-hydrogen) atoms. The van der Waals surface area contributed by atoms with Crippen molar-refractivity contribution in [3.63, 3.8) is 0 Å². The molecule has 0 spiro atoms. The van der Waals surface area contributed by atoms with Crippen LogP contribution in [0.1, 0.15) is 40.0 Å². The van der Waals surface area contributed by atoms with Gasteiger partial charge >= 0.3 is 13.6 Å². The van der Waals surface area contributed by atoms with Gasteiger partial charge in [-0.3, -0.25) is 14.4 Å². The quantitative estimate of drug-likeness (QED) is 0.0858. The summed E-state index contributed by atoms with van der Waals surface area (Å²) in [6.45, 7) is 7.62. The number of thiol groups is 1. The lowest BCUT2D eigenvalue weighted by atomic mass is 10.4. The van der Waals surface area contributed by atoms with Crippen LogP contribution in [0.15, 0.2) is 49.1 Å². The fourth-order valence-corrected chi connectivity index (χ4v) is 3.51. The largest absolute Gasteiger partial charge is 0.382 e. The highest BCUT2D eigenvalue weighted by atomic mass is 32.1. The number of fused-ring (bicyclic) bond motifs is 1. The van der Waals surface area contributed by atoms with E-state index in [0.717, 1.165) is 26.1 Å². The second kappa shape index (κ2) is 21.2. The molecule has 13 nitrogen and oxygen atoms in total. The Morgan fingerprint density at radius 3 is 2.20 bits per heavy atom. The lowest BCUT2D eigenvalue weighted by Gasteiger charge is -2.14. The maximum Gasteiger partial charge on any atom is 0.325 e. The van der Waals surface area contributed by atoms with E-state index in [1.807, 2.05) is 50.2 Å². The SMILES string of the molecule is CCOCC.CS.C[C@@H](OCCCP(=O)(O)O)OCn1cnc2c(NC(=O)NC3CC3)ncnc21.c1ccccc1. The van der Waals surface area contributed by atoms with Crippen molar-refractivity contribution in [2.24, 2.45) is 0 Å². The Morgan fingerprint density at radius 2 is 1.68 bits per heavy atom. The van der Waals surface area contributed by atoms with Crippen LogP contribution >= 0.6 is 20.2 Å². The number of anilines is 1. The Labute approximate surface area is 247 Å². The van der Waals surface area contributed by atoms with E-state index in [2.05, 4.69) is 38.2 Å². The summed E-state index contributed by atoms with van der Waals surface area (Å²) in [7, 11) is -4.01. The number of carbonyl (C=O) groups excluding carboxylic acids is 1. The number of benzene rings is 1. The van der Waals surface area contributed by atoms with Crippen LogP contribution in [0.2, 0.25) is 0 Å². The minimum atomic E-state index is -4.01. The topological polar surface area (TPSA) is 170 Å². The summed E-state index contributed by atoms with van der Waals surface area (Å²) >= 11 is 3.53. The Morgan fingerprint density at radius 1 is 1.07 bits per heavy atom. The number of amides is 2. The van der Waals surface area contributed by atoms with E-state index in [4.69, 9.17) is 24.0 Å². The van der Waals surface area contributed by atoms with E-state index in [-0.39, 0.29) is 38.0 Å². The van der Waals surface area contributed by atoms with Crippen LogP contribution in [-0.4, -0.2) is 79.9 Å². The number of imidazole rings is 1. The molecule has 2 amide bonds. The minimum absolute atomic E-state index is 0.0981. The van der Waals surface area contributed by atoms with Crippen LogP contribution in [0.5, 0.6) is 0 Å². The molecule has 1 atom stereocenters. The summed E-state index contributed by atoms with van der Waals surface area (Å²) in [6.07, 6.45) is 5.93. The number of nitrogens with one attached hydrogen (secondary N) is 2. The summed E-state index contributed by atoms with van der Waals surface area (Å²) in [5, 5.41) is 5.49. The van der Waals surface area contributed by atoms with Gasteiger partial charge < -0.3 is 29.3 Å². The van der Waals surface area contributed by atoms with E-state index in [1.165, 1.54) is 12.7 Å². The zero-order valence-corrected chi connectivity index (χ0v) is 25.8. The highest BCUT2D eigenvalue weighted by molar-refractivity contribution is 7.79. The molecule has 1 fully saturated rings. The molecule has 4 rings (SSSR count). The van der Waals surface area contributed by atoms with Gasteiger partial charge in [0, 0.05) is 19.3 Å². The highest BCUT2D eigenvalue weighted by Gasteiger charge is 2.24. The molecule has 1 aliphatic carbocycles. The number of rotatable bonds is 12. The van der Waals surface area contributed by atoms with Gasteiger partial charge in [-0.05, 0) is 46.3 Å². The molecule has 0 radical (unpaired) electrons. The van der Waals surface area contributed by atoms with Gasteiger partial charge in [-0.1, -0.05) is 36.4 Å². The number of ether oxygens (including phenoxy) is 3. The minimum Gasteiger partial charge on any atom is -0.382 e. The smallest absolute Gasteiger partial charge is 0.325 e. The second-order valence-electron chi connectivity index (χ2n) is 8.39. The maximum atomic E-state index is 11.9. The van der Waals surface area contributed by atoms with Gasteiger partial charge in [0.25, 0.3) is 0 Å². The van der Waals surface area contributed by atoms with Crippen LogP contribution in [0.25, 0.3) is 11.2 Å². The zero-order chi connectivity index (χ0) is 30.5. The first kappa shape index (κ1) is 36.4. The third-order valence-corrected chi connectivity index (χ3v) is 5.91. The third kappa shape index (κ3) is 17.1. The average Bonchev–Trinajstić information content (AvgIpc) is 3.68. The number of urea groups is 1. The van der Waals surface area contributed by atoms with Crippen molar-refractivity contribution in [1.29, 1.82) is 0 Å². The highest BCUT2D eigenvalue weighted by Crippen LogP contribution is 2.34.